The SMILES string of the molecule is CC(=O)Nc1cccc(C(=O)N[C@@H](Cc2ccc3ccccc3n2)C(=O)O)c1. The normalized spacial score (nSPS) is 11.6. The Morgan fingerprint density at radius 2 is 1.82 bits per heavy atom. The average molecular weight is 377 g/mol. The molecule has 0 fully saturated rings. The Morgan fingerprint density at radius 1 is 1.04 bits per heavy atom. The fraction of sp³-hybridized carbons (Fsp3) is 0.143. The number of aromatic nitrogens is 1. The fourth-order valence-electron chi connectivity index (χ4n) is 2.81. The maximum absolute atomic E-state index is 12.5. The first-order valence-electron chi connectivity index (χ1n) is 8.68. The summed E-state index contributed by atoms with van der Waals surface area (Å²) < 4.78 is 0. The summed E-state index contributed by atoms with van der Waals surface area (Å²) in [5.41, 5.74) is 2.05. The predicted molar refractivity (Wildman–Crippen MR) is 105 cm³/mol. The van der Waals surface area contributed by atoms with Crippen molar-refractivity contribution < 1.29 is 19.5 Å². The van der Waals surface area contributed by atoms with Crippen LogP contribution in [0.15, 0.2) is 60.7 Å². The first kappa shape index (κ1) is 19.0. The van der Waals surface area contributed by atoms with Crippen LogP contribution in [0.25, 0.3) is 10.9 Å². The van der Waals surface area contributed by atoms with E-state index in [1.54, 1.807) is 24.3 Å². The summed E-state index contributed by atoms with van der Waals surface area (Å²) in [7, 11) is 0. The number of hydrogen-bond donors (Lipinski definition) is 3. The van der Waals surface area contributed by atoms with E-state index in [0.29, 0.717) is 11.4 Å². The van der Waals surface area contributed by atoms with Crippen molar-refractivity contribution >= 4 is 34.4 Å². The van der Waals surface area contributed by atoms with E-state index in [2.05, 4.69) is 15.6 Å². The third-order valence-corrected chi connectivity index (χ3v) is 4.12. The highest BCUT2D eigenvalue weighted by Crippen LogP contribution is 2.14. The van der Waals surface area contributed by atoms with Crippen molar-refractivity contribution in [2.45, 2.75) is 19.4 Å². The van der Waals surface area contributed by atoms with Crippen molar-refractivity contribution in [3.05, 3.63) is 71.9 Å². The quantitative estimate of drug-likeness (QED) is 0.612. The van der Waals surface area contributed by atoms with Gasteiger partial charge in [-0.25, -0.2) is 4.79 Å². The molecule has 3 rings (SSSR count). The van der Waals surface area contributed by atoms with E-state index < -0.39 is 17.9 Å². The summed E-state index contributed by atoms with van der Waals surface area (Å²) in [6.45, 7) is 1.36. The van der Waals surface area contributed by atoms with Gasteiger partial charge in [-0.2, -0.15) is 0 Å². The van der Waals surface area contributed by atoms with Gasteiger partial charge in [0.05, 0.1) is 5.52 Å². The third kappa shape index (κ3) is 4.70. The van der Waals surface area contributed by atoms with Gasteiger partial charge < -0.3 is 15.7 Å². The molecule has 7 nitrogen and oxygen atoms in total. The third-order valence-electron chi connectivity index (χ3n) is 4.12. The number of nitrogens with one attached hydrogen (secondary N) is 2. The largest absolute Gasteiger partial charge is 0.480 e. The number of hydrogen-bond acceptors (Lipinski definition) is 4. The van der Waals surface area contributed by atoms with Crippen molar-refractivity contribution in [3.63, 3.8) is 0 Å². The van der Waals surface area contributed by atoms with Gasteiger partial charge in [0.2, 0.25) is 5.91 Å². The Kier molecular flexibility index (Phi) is 5.64. The lowest BCUT2D eigenvalue weighted by Crippen LogP contribution is -2.42. The molecule has 0 spiro atoms. The number of pyridine rings is 1. The van der Waals surface area contributed by atoms with Gasteiger partial charge in [-0.1, -0.05) is 30.3 Å². The lowest BCUT2D eigenvalue weighted by molar-refractivity contribution is -0.139. The Morgan fingerprint density at radius 3 is 2.57 bits per heavy atom. The summed E-state index contributed by atoms with van der Waals surface area (Å²) in [4.78, 5) is 39.8. The summed E-state index contributed by atoms with van der Waals surface area (Å²) in [5.74, 6) is -1.95. The van der Waals surface area contributed by atoms with Crippen LogP contribution in [-0.4, -0.2) is 33.9 Å². The standard InChI is InChI=1S/C21H19N3O4/c1-13(25)22-16-7-4-6-15(11-16)20(26)24-19(21(27)28)12-17-10-9-14-5-2-3-8-18(14)23-17/h2-11,19H,12H2,1H3,(H,22,25)(H,24,26)(H,27,28)/t19-/m0/s1. The number of carboxylic acids is 1. The number of carbonyl (C=O) groups is 3. The van der Waals surface area contributed by atoms with E-state index in [1.165, 1.54) is 13.0 Å². The summed E-state index contributed by atoms with van der Waals surface area (Å²) in [6, 6.07) is 16.3. The molecule has 1 heterocycles. The maximum atomic E-state index is 12.5. The van der Waals surface area contributed by atoms with Crippen molar-refractivity contribution in [1.82, 2.24) is 10.3 Å². The lowest BCUT2D eigenvalue weighted by Gasteiger charge is -2.15. The van der Waals surface area contributed by atoms with Gasteiger partial charge in [0.25, 0.3) is 5.91 Å². The topological polar surface area (TPSA) is 108 Å². The first-order chi connectivity index (χ1) is 13.4. The maximum Gasteiger partial charge on any atom is 0.326 e. The van der Waals surface area contributed by atoms with Crippen LogP contribution in [0.3, 0.4) is 0 Å². The van der Waals surface area contributed by atoms with Gasteiger partial charge in [-0.15, -0.1) is 0 Å². The van der Waals surface area contributed by atoms with E-state index in [1.807, 2.05) is 30.3 Å². The zero-order valence-corrected chi connectivity index (χ0v) is 15.2. The molecule has 142 valence electrons. The molecule has 2 amide bonds. The number of carboxylic acid groups (broad SMARTS) is 1. The molecule has 3 N–H and O–H groups in total. The molecule has 0 unspecified atom stereocenters. The molecule has 1 atom stereocenters. The van der Waals surface area contributed by atoms with E-state index in [0.717, 1.165) is 10.9 Å². The van der Waals surface area contributed by atoms with Crippen LogP contribution in [0, 0.1) is 0 Å². The van der Waals surface area contributed by atoms with Gasteiger partial charge in [0.1, 0.15) is 6.04 Å². The molecule has 0 saturated heterocycles. The molecule has 0 radical (unpaired) electrons. The second-order valence-corrected chi connectivity index (χ2v) is 6.33. The zero-order chi connectivity index (χ0) is 20.1. The van der Waals surface area contributed by atoms with Crippen LogP contribution in [0.4, 0.5) is 5.69 Å². The van der Waals surface area contributed by atoms with Crippen molar-refractivity contribution in [1.29, 1.82) is 0 Å². The molecule has 7 heteroatoms. The molecular formula is C21H19N3O4. The number of carbonyl (C=O) groups excluding carboxylic acids is 2. The second kappa shape index (κ2) is 8.30. The minimum atomic E-state index is -1.15. The Balaban J connectivity index is 1.76. The second-order valence-electron chi connectivity index (χ2n) is 6.33. The van der Waals surface area contributed by atoms with Gasteiger partial charge in [0.15, 0.2) is 0 Å². The number of nitrogens with zero attached hydrogens (tertiary/aromatic N) is 1. The fourth-order valence-corrected chi connectivity index (χ4v) is 2.81. The van der Waals surface area contributed by atoms with Gasteiger partial charge in [0, 0.05) is 35.7 Å². The molecular weight excluding hydrogens is 358 g/mol. The number of fused-ring (bicyclic) bond motifs is 1. The minimum absolute atomic E-state index is 0.0529. The molecule has 3 aromatic rings. The van der Waals surface area contributed by atoms with Crippen molar-refractivity contribution in [2.75, 3.05) is 5.32 Å². The van der Waals surface area contributed by atoms with Crippen LogP contribution >= 0.6 is 0 Å². The molecule has 1 aromatic heterocycles. The van der Waals surface area contributed by atoms with E-state index in [9.17, 15) is 19.5 Å². The first-order valence-corrected chi connectivity index (χ1v) is 8.68. The number of amides is 2. The number of rotatable bonds is 6. The lowest BCUT2D eigenvalue weighted by atomic mass is 10.1. The number of anilines is 1. The van der Waals surface area contributed by atoms with Crippen LogP contribution in [0.5, 0.6) is 0 Å². The highest BCUT2D eigenvalue weighted by atomic mass is 16.4. The van der Waals surface area contributed by atoms with Crippen molar-refractivity contribution in [3.8, 4) is 0 Å². The highest BCUT2D eigenvalue weighted by Gasteiger charge is 2.22. The molecule has 0 saturated carbocycles. The Hall–Kier alpha value is -3.74. The highest BCUT2D eigenvalue weighted by molar-refractivity contribution is 5.98. The summed E-state index contributed by atoms with van der Waals surface area (Å²) in [6.07, 6.45) is 0.0529. The van der Waals surface area contributed by atoms with Crippen LogP contribution in [-0.2, 0) is 16.0 Å². The number of para-hydroxylation sites is 1. The molecule has 0 aliphatic rings. The van der Waals surface area contributed by atoms with Gasteiger partial charge in [-0.05, 0) is 30.3 Å². The van der Waals surface area contributed by atoms with Gasteiger partial charge in [-0.3, -0.25) is 14.6 Å². The minimum Gasteiger partial charge on any atom is -0.480 e. The molecule has 0 aliphatic carbocycles. The van der Waals surface area contributed by atoms with Crippen LogP contribution in [0.1, 0.15) is 23.0 Å². The van der Waals surface area contributed by atoms with Gasteiger partial charge >= 0.3 is 5.97 Å². The Labute approximate surface area is 161 Å². The smallest absolute Gasteiger partial charge is 0.326 e. The summed E-state index contributed by atoms with van der Waals surface area (Å²) >= 11 is 0. The number of benzene rings is 2. The number of aliphatic carboxylic acids is 1. The molecule has 0 aliphatic heterocycles. The average Bonchev–Trinajstić information content (AvgIpc) is 2.67. The van der Waals surface area contributed by atoms with Crippen LogP contribution in [0.2, 0.25) is 0 Å². The molecule has 0 bridgehead atoms. The monoisotopic (exact) mass is 377 g/mol. The van der Waals surface area contributed by atoms with E-state index in [4.69, 9.17) is 0 Å². The predicted octanol–water partition coefficient (Wildman–Crippen LogP) is 2.62. The summed E-state index contributed by atoms with van der Waals surface area (Å²) in [5, 5.41) is 15.6. The molecule has 28 heavy (non-hydrogen) atoms. The van der Waals surface area contributed by atoms with E-state index in [-0.39, 0.29) is 17.9 Å². The van der Waals surface area contributed by atoms with E-state index >= 15 is 0 Å². The van der Waals surface area contributed by atoms with Crippen LogP contribution < -0.4 is 10.6 Å². The van der Waals surface area contributed by atoms with Crippen molar-refractivity contribution in [2.24, 2.45) is 0 Å². The molecule has 2 aromatic carbocycles. The Bertz CT molecular complexity index is 1050. The zero-order valence-electron chi connectivity index (χ0n) is 15.2.